The van der Waals surface area contributed by atoms with Crippen LogP contribution in [-0.2, 0) is 9.59 Å². The second-order valence-corrected chi connectivity index (χ2v) is 5.62. The first-order chi connectivity index (χ1) is 11.1. The molecule has 0 atom stereocenters. The molecule has 1 aromatic carbocycles. The van der Waals surface area contributed by atoms with E-state index in [9.17, 15) is 9.59 Å². The summed E-state index contributed by atoms with van der Waals surface area (Å²) in [5.41, 5.74) is 0. The minimum absolute atomic E-state index is 0.0313. The van der Waals surface area contributed by atoms with E-state index in [1.165, 1.54) is 0 Å². The first-order valence-corrected chi connectivity index (χ1v) is 7.97. The number of ether oxygens (including phenoxy) is 2. The molecule has 1 aromatic rings. The molecule has 1 saturated carbocycles. The van der Waals surface area contributed by atoms with Gasteiger partial charge in [0.25, 0.3) is 5.91 Å². The summed E-state index contributed by atoms with van der Waals surface area (Å²) in [5, 5.41) is 11.9. The molecule has 1 aliphatic rings. The minimum Gasteiger partial charge on any atom is -0.490 e. The van der Waals surface area contributed by atoms with Crippen molar-refractivity contribution in [1.29, 1.82) is 0 Å². The molecule has 0 spiro atoms. The van der Waals surface area contributed by atoms with Gasteiger partial charge in [-0.2, -0.15) is 0 Å². The molecule has 0 aliphatic heterocycles. The molecule has 0 saturated heterocycles. The molecule has 0 radical (unpaired) electrons. The highest BCUT2D eigenvalue weighted by Crippen LogP contribution is 2.26. The van der Waals surface area contributed by atoms with E-state index in [1.807, 2.05) is 19.1 Å². The Labute approximate surface area is 135 Å². The standard InChI is InChI=1S/C17H23NO5/c1-2-22-14-5-3-4-6-15(14)23-11-16(19)18-13-9-7-12(8-10-13)17(20)21/h3-6,12-13H,2,7-11H2,1H3,(H,18,19)(H,20,21). The SMILES string of the molecule is CCOc1ccccc1OCC(=O)NC1CCC(C(=O)O)CC1. The summed E-state index contributed by atoms with van der Waals surface area (Å²) in [6, 6.07) is 7.26. The van der Waals surface area contributed by atoms with E-state index in [1.54, 1.807) is 12.1 Å². The molecule has 1 aliphatic carbocycles. The number of aliphatic carboxylic acids is 1. The zero-order valence-corrected chi connectivity index (χ0v) is 13.3. The van der Waals surface area contributed by atoms with Crippen molar-refractivity contribution in [3.05, 3.63) is 24.3 Å². The van der Waals surface area contributed by atoms with Crippen LogP contribution in [-0.4, -0.2) is 36.2 Å². The van der Waals surface area contributed by atoms with Gasteiger partial charge in [-0.05, 0) is 44.7 Å². The molecular weight excluding hydrogens is 298 g/mol. The number of benzene rings is 1. The van der Waals surface area contributed by atoms with Crippen molar-refractivity contribution in [2.45, 2.75) is 38.6 Å². The molecule has 23 heavy (non-hydrogen) atoms. The molecule has 1 amide bonds. The van der Waals surface area contributed by atoms with Gasteiger partial charge in [-0.1, -0.05) is 12.1 Å². The molecule has 2 rings (SSSR count). The zero-order valence-electron chi connectivity index (χ0n) is 13.3. The molecule has 2 N–H and O–H groups in total. The fraction of sp³-hybridized carbons (Fsp3) is 0.529. The maximum atomic E-state index is 12.0. The third kappa shape index (κ3) is 5.16. The fourth-order valence-corrected chi connectivity index (χ4v) is 2.74. The van der Waals surface area contributed by atoms with Crippen molar-refractivity contribution >= 4 is 11.9 Å². The van der Waals surface area contributed by atoms with Crippen LogP contribution in [0.4, 0.5) is 0 Å². The second kappa shape index (κ2) is 8.41. The Bertz CT molecular complexity index is 538. The van der Waals surface area contributed by atoms with Crippen molar-refractivity contribution in [2.75, 3.05) is 13.2 Å². The summed E-state index contributed by atoms with van der Waals surface area (Å²) in [7, 11) is 0. The number of carbonyl (C=O) groups is 2. The van der Waals surface area contributed by atoms with Crippen molar-refractivity contribution in [3.8, 4) is 11.5 Å². The molecule has 126 valence electrons. The molecule has 0 bridgehead atoms. The van der Waals surface area contributed by atoms with Gasteiger partial charge in [-0.25, -0.2) is 0 Å². The zero-order chi connectivity index (χ0) is 16.7. The largest absolute Gasteiger partial charge is 0.490 e. The molecule has 0 heterocycles. The Balaban J connectivity index is 1.77. The number of hydrogen-bond donors (Lipinski definition) is 2. The van der Waals surface area contributed by atoms with Gasteiger partial charge in [0.15, 0.2) is 18.1 Å². The van der Waals surface area contributed by atoms with Gasteiger partial charge in [-0.15, -0.1) is 0 Å². The maximum Gasteiger partial charge on any atom is 0.306 e. The third-order valence-corrected chi connectivity index (χ3v) is 3.95. The summed E-state index contributed by atoms with van der Waals surface area (Å²) in [6.45, 7) is 2.33. The predicted molar refractivity (Wildman–Crippen MR) is 84.6 cm³/mol. The van der Waals surface area contributed by atoms with E-state index in [0.717, 1.165) is 0 Å². The molecule has 6 nitrogen and oxygen atoms in total. The van der Waals surface area contributed by atoms with Gasteiger partial charge in [0.05, 0.1) is 12.5 Å². The first kappa shape index (κ1) is 17.1. The Morgan fingerprint density at radius 1 is 1.13 bits per heavy atom. The number of para-hydroxylation sites is 2. The van der Waals surface area contributed by atoms with Gasteiger partial charge in [0.2, 0.25) is 0 Å². The van der Waals surface area contributed by atoms with Gasteiger partial charge < -0.3 is 19.9 Å². The predicted octanol–water partition coefficient (Wildman–Crippen LogP) is 2.22. The van der Waals surface area contributed by atoms with Gasteiger partial charge in [0.1, 0.15) is 0 Å². The lowest BCUT2D eigenvalue weighted by molar-refractivity contribution is -0.142. The van der Waals surface area contributed by atoms with Crippen LogP contribution in [0.3, 0.4) is 0 Å². The van der Waals surface area contributed by atoms with E-state index in [0.29, 0.717) is 43.8 Å². The first-order valence-electron chi connectivity index (χ1n) is 7.97. The lowest BCUT2D eigenvalue weighted by Gasteiger charge is -2.26. The lowest BCUT2D eigenvalue weighted by atomic mass is 9.86. The number of nitrogens with one attached hydrogen (secondary N) is 1. The normalized spacial score (nSPS) is 20.6. The average Bonchev–Trinajstić information content (AvgIpc) is 2.55. The minimum atomic E-state index is -0.745. The van der Waals surface area contributed by atoms with Crippen LogP contribution >= 0.6 is 0 Å². The van der Waals surface area contributed by atoms with E-state index in [4.69, 9.17) is 14.6 Å². The summed E-state index contributed by atoms with van der Waals surface area (Å²) in [4.78, 5) is 22.9. The van der Waals surface area contributed by atoms with Crippen LogP contribution in [0.1, 0.15) is 32.6 Å². The Morgan fingerprint density at radius 3 is 2.30 bits per heavy atom. The highest BCUT2D eigenvalue weighted by Gasteiger charge is 2.26. The molecule has 0 unspecified atom stereocenters. The number of carbonyl (C=O) groups excluding carboxylic acids is 1. The van der Waals surface area contributed by atoms with E-state index in [2.05, 4.69) is 5.32 Å². The third-order valence-electron chi connectivity index (χ3n) is 3.95. The fourth-order valence-electron chi connectivity index (χ4n) is 2.74. The van der Waals surface area contributed by atoms with E-state index in [-0.39, 0.29) is 24.5 Å². The number of carboxylic acid groups (broad SMARTS) is 1. The van der Waals surface area contributed by atoms with Crippen molar-refractivity contribution < 1.29 is 24.2 Å². The summed E-state index contributed by atoms with van der Waals surface area (Å²) in [6.07, 6.45) is 2.60. The smallest absolute Gasteiger partial charge is 0.306 e. The van der Waals surface area contributed by atoms with Crippen molar-refractivity contribution in [1.82, 2.24) is 5.32 Å². The number of carboxylic acids is 1. The quantitative estimate of drug-likeness (QED) is 0.804. The van der Waals surface area contributed by atoms with Crippen LogP contribution in [0, 0.1) is 5.92 Å². The van der Waals surface area contributed by atoms with Crippen LogP contribution in [0.25, 0.3) is 0 Å². The average molecular weight is 321 g/mol. The Kier molecular flexibility index (Phi) is 6.26. The van der Waals surface area contributed by atoms with E-state index >= 15 is 0 Å². The van der Waals surface area contributed by atoms with Gasteiger partial charge >= 0.3 is 5.97 Å². The van der Waals surface area contributed by atoms with Crippen LogP contribution in [0.15, 0.2) is 24.3 Å². The van der Waals surface area contributed by atoms with Crippen LogP contribution in [0.2, 0.25) is 0 Å². The van der Waals surface area contributed by atoms with Crippen molar-refractivity contribution in [3.63, 3.8) is 0 Å². The molecule has 6 heteroatoms. The number of amides is 1. The number of hydrogen-bond acceptors (Lipinski definition) is 4. The van der Waals surface area contributed by atoms with E-state index < -0.39 is 5.97 Å². The second-order valence-electron chi connectivity index (χ2n) is 5.62. The monoisotopic (exact) mass is 321 g/mol. The van der Waals surface area contributed by atoms with Gasteiger partial charge in [0, 0.05) is 6.04 Å². The highest BCUT2D eigenvalue weighted by molar-refractivity contribution is 5.78. The summed E-state index contributed by atoms with van der Waals surface area (Å²) in [5.74, 6) is -0.0676. The van der Waals surface area contributed by atoms with Crippen molar-refractivity contribution in [2.24, 2.45) is 5.92 Å². The molecular formula is C17H23NO5. The number of rotatable bonds is 7. The molecule has 0 aromatic heterocycles. The van der Waals surface area contributed by atoms with Gasteiger partial charge in [-0.3, -0.25) is 9.59 Å². The maximum absolute atomic E-state index is 12.0. The van der Waals surface area contributed by atoms with Crippen LogP contribution < -0.4 is 14.8 Å². The summed E-state index contributed by atoms with van der Waals surface area (Å²) >= 11 is 0. The topological polar surface area (TPSA) is 84.9 Å². The van der Waals surface area contributed by atoms with Crippen LogP contribution in [0.5, 0.6) is 11.5 Å². The molecule has 1 fully saturated rings. The Morgan fingerprint density at radius 2 is 1.74 bits per heavy atom. The Hall–Kier alpha value is -2.24. The highest BCUT2D eigenvalue weighted by atomic mass is 16.5. The lowest BCUT2D eigenvalue weighted by Crippen LogP contribution is -2.40. The summed E-state index contributed by atoms with van der Waals surface area (Å²) < 4.78 is 11.0.